The van der Waals surface area contributed by atoms with E-state index in [0.717, 1.165) is 65.6 Å². The number of hydrogen-bond acceptors (Lipinski definition) is 6. The molecule has 1 amide bonds. The van der Waals surface area contributed by atoms with Crippen LogP contribution in [0.1, 0.15) is 60.0 Å². The van der Waals surface area contributed by atoms with Gasteiger partial charge in [0.25, 0.3) is 5.91 Å². The number of rotatable bonds is 8. The Hall–Kier alpha value is -3.11. The minimum absolute atomic E-state index is 0.183. The van der Waals surface area contributed by atoms with E-state index in [9.17, 15) is 13.2 Å². The number of benzene rings is 3. The molecule has 0 bridgehead atoms. The Morgan fingerprint density at radius 2 is 1.69 bits per heavy atom. The maximum Gasteiger partial charge on any atom is 0.253 e. The number of carbonyl (C=O) groups excluding carboxylic acids is 1. The van der Waals surface area contributed by atoms with E-state index in [1.54, 1.807) is 18.2 Å². The Kier molecular flexibility index (Phi) is 8.31. The van der Waals surface area contributed by atoms with Gasteiger partial charge in [-0.15, -0.1) is 0 Å². The zero-order valence-corrected chi connectivity index (χ0v) is 28.0. The van der Waals surface area contributed by atoms with Gasteiger partial charge in [-0.3, -0.25) is 9.69 Å². The molecule has 0 radical (unpaired) electrons. The second kappa shape index (κ2) is 12.2. The molecule has 2 aliphatic heterocycles. The summed E-state index contributed by atoms with van der Waals surface area (Å²) in [6.07, 6.45) is 7.70. The van der Waals surface area contributed by atoms with Gasteiger partial charge in [-0.25, -0.2) is 13.4 Å². The molecule has 1 aliphatic carbocycles. The summed E-state index contributed by atoms with van der Waals surface area (Å²) in [5.41, 5.74) is 4.29. The summed E-state index contributed by atoms with van der Waals surface area (Å²) in [7, 11) is -3.51. The Morgan fingerprint density at radius 1 is 0.956 bits per heavy atom. The number of pyridine rings is 1. The Balaban J connectivity index is 1.35. The standard InChI is InChI=1S/C36H39BrN4O3S/c1-45(43,44)29-12-13-32-30(23-29)33(35(42)39-36(16-17-36)26-9-3-2-4-10-26)31(34(38-32)25-8-7-11-27(37)22-25)24-40-20-14-28(15-21-40)41-18-5-6-19-41/h2-4,7-13,22-23,28H,5-6,14-21,24H2,1H3,(H,39,42). The molecule has 4 aromatic rings. The molecule has 234 valence electrons. The molecule has 2 saturated heterocycles. The number of aromatic nitrogens is 1. The van der Waals surface area contributed by atoms with E-state index in [0.29, 0.717) is 29.1 Å². The zero-order chi connectivity index (χ0) is 31.2. The molecule has 3 fully saturated rings. The van der Waals surface area contributed by atoms with Gasteiger partial charge in [-0.1, -0.05) is 58.4 Å². The Morgan fingerprint density at radius 3 is 2.36 bits per heavy atom. The largest absolute Gasteiger partial charge is 0.342 e. The lowest BCUT2D eigenvalue weighted by Gasteiger charge is -2.37. The van der Waals surface area contributed by atoms with Crippen molar-refractivity contribution in [3.63, 3.8) is 0 Å². The van der Waals surface area contributed by atoms with Crippen molar-refractivity contribution in [2.75, 3.05) is 32.4 Å². The second-order valence-electron chi connectivity index (χ2n) is 12.9. The van der Waals surface area contributed by atoms with Crippen LogP contribution in [-0.4, -0.2) is 67.6 Å². The first-order chi connectivity index (χ1) is 21.7. The highest BCUT2D eigenvalue weighted by Gasteiger charge is 2.46. The lowest BCUT2D eigenvalue weighted by Crippen LogP contribution is -2.43. The van der Waals surface area contributed by atoms with Crippen molar-refractivity contribution >= 4 is 42.6 Å². The molecular weight excluding hydrogens is 648 g/mol. The number of halogens is 1. The number of sulfone groups is 1. The second-order valence-corrected chi connectivity index (χ2v) is 15.9. The van der Waals surface area contributed by atoms with Gasteiger partial charge in [-0.2, -0.15) is 0 Å². The monoisotopic (exact) mass is 686 g/mol. The van der Waals surface area contributed by atoms with E-state index < -0.39 is 15.4 Å². The van der Waals surface area contributed by atoms with Crippen molar-refractivity contribution < 1.29 is 13.2 Å². The number of fused-ring (bicyclic) bond motifs is 1. The highest BCUT2D eigenvalue weighted by molar-refractivity contribution is 9.10. The summed E-state index contributed by atoms with van der Waals surface area (Å²) < 4.78 is 26.4. The van der Waals surface area contributed by atoms with Gasteiger partial charge in [0.1, 0.15) is 0 Å². The molecule has 3 heterocycles. The number of nitrogens with zero attached hydrogens (tertiary/aromatic N) is 3. The normalized spacial score (nSPS) is 19.2. The highest BCUT2D eigenvalue weighted by atomic mass is 79.9. The molecule has 9 heteroatoms. The summed E-state index contributed by atoms with van der Waals surface area (Å²) in [4.78, 5) is 25.1. The van der Waals surface area contributed by atoms with E-state index in [4.69, 9.17) is 4.98 Å². The minimum atomic E-state index is -3.51. The molecule has 45 heavy (non-hydrogen) atoms. The summed E-state index contributed by atoms with van der Waals surface area (Å²) in [6.45, 7) is 4.83. The predicted molar refractivity (Wildman–Crippen MR) is 182 cm³/mol. The molecule has 0 atom stereocenters. The van der Waals surface area contributed by atoms with E-state index in [1.165, 1.54) is 32.2 Å². The first-order valence-corrected chi connectivity index (χ1v) is 18.7. The van der Waals surface area contributed by atoms with Gasteiger partial charge < -0.3 is 10.2 Å². The quantitative estimate of drug-likeness (QED) is 0.227. The molecule has 3 aromatic carbocycles. The fourth-order valence-electron chi connectivity index (χ4n) is 7.22. The number of nitrogens with one attached hydrogen (secondary N) is 1. The van der Waals surface area contributed by atoms with Crippen molar-refractivity contribution in [1.82, 2.24) is 20.1 Å². The number of hydrogen-bond donors (Lipinski definition) is 1. The van der Waals surface area contributed by atoms with Crippen LogP contribution in [0.15, 0.2) is 82.2 Å². The number of carbonyl (C=O) groups is 1. The molecular formula is C36H39BrN4O3S. The smallest absolute Gasteiger partial charge is 0.253 e. The fourth-order valence-corrected chi connectivity index (χ4v) is 8.27. The fraction of sp³-hybridized carbons (Fsp3) is 0.389. The maximum absolute atomic E-state index is 14.7. The highest BCUT2D eigenvalue weighted by Crippen LogP contribution is 2.46. The van der Waals surface area contributed by atoms with E-state index >= 15 is 0 Å². The molecule has 3 aliphatic rings. The Labute approximate surface area is 274 Å². The van der Waals surface area contributed by atoms with Crippen LogP contribution in [0, 0.1) is 0 Å². The van der Waals surface area contributed by atoms with E-state index in [1.807, 2.05) is 42.5 Å². The van der Waals surface area contributed by atoms with Crippen LogP contribution in [0.4, 0.5) is 0 Å². The van der Waals surface area contributed by atoms with Crippen LogP contribution in [0.25, 0.3) is 22.2 Å². The minimum Gasteiger partial charge on any atom is -0.342 e. The number of likely N-dealkylation sites (tertiary alicyclic amines) is 2. The summed E-state index contributed by atoms with van der Waals surface area (Å²) in [6, 6.07) is 23.7. The van der Waals surface area contributed by atoms with Crippen LogP contribution in [0.5, 0.6) is 0 Å². The third-order valence-corrected chi connectivity index (χ3v) is 11.4. The third-order valence-electron chi connectivity index (χ3n) is 9.84. The van der Waals surface area contributed by atoms with Crippen LogP contribution in [-0.2, 0) is 21.9 Å². The van der Waals surface area contributed by atoms with Gasteiger partial charge in [0, 0.05) is 39.8 Å². The molecule has 7 nitrogen and oxygen atoms in total. The predicted octanol–water partition coefficient (Wildman–Crippen LogP) is 6.55. The Bertz CT molecular complexity index is 1850. The van der Waals surface area contributed by atoms with Gasteiger partial charge in [0.15, 0.2) is 9.84 Å². The van der Waals surface area contributed by atoms with Crippen LogP contribution >= 0.6 is 15.9 Å². The van der Waals surface area contributed by atoms with Gasteiger partial charge in [-0.05, 0) is 101 Å². The topological polar surface area (TPSA) is 82.6 Å². The third kappa shape index (κ3) is 6.32. The first kappa shape index (κ1) is 30.5. The van der Waals surface area contributed by atoms with Crippen LogP contribution < -0.4 is 5.32 Å². The average Bonchev–Trinajstić information content (AvgIpc) is 3.60. The van der Waals surface area contributed by atoms with Crippen molar-refractivity contribution in [1.29, 1.82) is 0 Å². The van der Waals surface area contributed by atoms with Crippen molar-refractivity contribution in [2.24, 2.45) is 0 Å². The van der Waals surface area contributed by atoms with Crippen molar-refractivity contribution in [2.45, 2.75) is 61.5 Å². The molecule has 1 saturated carbocycles. The maximum atomic E-state index is 14.7. The number of amides is 1. The average molecular weight is 688 g/mol. The zero-order valence-electron chi connectivity index (χ0n) is 25.6. The summed E-state index contributed by atoms with van der Waals surface area (Å²) >= 11 is 3.63. The van der Waals surface area contributed by atoms with Crippen LogP contribution in [0.2, 0.25) is 0 Å². The van der Waals surface area contributed by atoms with E-state index in [2.05, 4.69) is 43.2 Å². The summed E-state index contributed by atoms with van der Waals surface area (Å²) in [5.74, 6) is -0.187. The molecule has 7 rings (SSSR count). The SMILES string of the molecule is CS(=O)(=O)c1ccc2nc(-c3cccc(Br)c3)c(CN3CCC(N4CCCC4)CC3)c(C(=O)NC3(c4ccccc4)CC3)c2c1. The molecule has 1 N–H and O–H groups in total. The van der Waals surface area contributed by atoms with Gasteiger partial charge in [0.2, 0.25) is 0 Å². The molecule has 0 spiro atoms. The van der Waals surface area contributed by atoms with Gasteiger partial charge in [0.05, 0.1) is 27.2 Å². The van der Waals surface area contributed by atoms with Crippen molar-refractivity contribution in [3.05, 3.63) is 94.0 Å². The molecule has 1 aromatic heterocycles. The molecule has 0 unspecified atom stereocenters. The van der Waals surface area contributed by atoms with Crippen molar-refractivity contribution in [3.8, 4) is 11.3 Å². The van der Waals surface area contributed by atoms with E-state index in [-0.39, 0.29) is 10.8 Å². The lowest BCUT2D eigenvalue weighted by atomic mass is 9.94. The van der Waals surface area contributed by atoms with Crippen LogP contribution in [0.3, 0.4) is 0 Å². The summed E-state index contributed by atoms with van der Waals surface area (Å²) in [5, 5.41) is 3.98. The van der Waals surface area contributed by atoms with Gasteiger partial charge >= 0.3 is 0 Å². The first-order valence-electron chi connectivity index (χ1n) is 16.0. The lowest BCUT2D eigenvalue weighted by molar-refractivity contribution is 0.0927. The number of piperidine rings is 1.